The number of pyridine rings is 1. The second-order valence-corrected chi connectivity index (χ2v) is 7.79. The van der Waals surface area contributed by atoms with Crippen LogP contribution in [0.2, 0.25) is 5.02 Å². The summed E-state index contributed by atoms with van der Waals surface area (Å²) in [5, 5.41) is 10.7. The van der Waals surface area contributed by atoms with Gasteiger partial charge in [0, 0.05) is 12.6 Å². The molecule has 1 aromatic carbocycles. The quantitative estimate of drug-likeness (QED) is 0.574. The molecule has 2 amide bonds. The van der Waals surface area contributed by atoms with Gasteiger partial charge in [-0.2, -0.15) is 18.6 Å². The lowest BCUT2D eigenvalue weighted by Crippen LogP contribution is -2.55. The maximum atomic E-state index is 13.2. The van der Waals surface area contributed by atoms with Crippen molar-refractivity contribution in [2.24, 2.45) is 5.16 Å². The fraction of sp³-hybridized carbons (Fsp3) is 0.316. The van der Waals surface area contributed by atoms with Crippen molar-refractivity contribution in [1.29, 1.82) is 0 Å². The van der Waals surface area contributed by atoms with Crippen molar-refractivity contribution < 1.29 is 27.2 Å². The van der Waals surface area contributed by atoms with E-state index in [9.17, 15) is 22.4 Å². The van der Waals surface area contributed by atoms with Crippen LogP contribution in [-0.4, -0.2) is 35.0 Å². The summed E-state index contributed by atoms with van der Waals surface area (Å²) in [6.45, 7) is 1.86. The minimum Gasteiger partial charge on any atom is -0.390 e. The maximum Gasteiger partial charge on any atom is 0.417 e. The molecule has 2 aromatic rings. The molecule has 8 nitrogen and oxygen atoms in total. The summed E-state index contributed by atoms with van der Waals surface area (Å²) in [4.78, 5) is 21.5. The van der Waals surface area contributed by atoms with Crippen molar-refractivity contribution in [2.45, 2.75) is 31.3 Å². The molecule has 1 fully saturated rings. The molecular formula is C19H17ClF4N6O2. The number of benzene rings is 1. The zero-order chi connectivity index (χ0) is 23.1. The number of alkyl halides is 3. The lowest BCUT2D eigenvalue weighted by molar-refractivity contribution is -0.137. The predicted molar refractivity (Wildman–Crippen MR) is 109 cm³/mol. The van der Waals surface area contributed by atoms with Crippen LogP contribution in [-0.2, 0) is 11.0 Å². The number of aromatic nitrogens is 1. The van der Waals surface area contributed by atoms with Gasteiger partial charge in [-0.05, 0) is 37.3 Å². The summed E-state index contributed by atoms with van der Waals surface area (Å²) in [6.07, 6.45) is -4.01. The fourth-order valence-corrected chi connectivity index (χ4v) is 3.48. The van der Waals surface area contributed by atoms with Crippen molar-refractivity contribution in [3.63, 3.8) is 0 Å². The molecule has 3 heterocycles. The predicted octanol–water partition coefficient (Wildman–Crippen LogP) is 3.90. The molecule has 0 unspecified atom stereocenters. The Hall–Kier alpha value is -3.12. The van der Waals surface area contributed by atoms with Gasteiger partial charge in [0.2, 0.25) is 0 Å². The fourth-order valence-electron chi connectivity index (χ4n) is 3.25. The highest BCUT2D eigenvalue weighted by Gasteiger charge is 2.46. The van der Waals surface area contributed by atoms with Crippen LogP contribution in [0.15, 0.2) is 41.7 Å². The van der Waals surface area contributed by atoms with Gasteiger partial charge < -0.3 is 15.5 Å². The maximum absolute atomic E-state index is 13.2. The number of carbonyl (C=O) groups is 1. The van der Waals surface area contributed by atoms with Crippen molar-refractivity contribution in [3.8, 4) is 0 Å². The standard InChI is InChI=1S/C19H17ClF4N6O2/c1-18(27-17(31)30(29-18)12-4-2-11(21)3-5-12)15-7-13(32-28-15)9-26-16-14(20)6-10(8-25-16)19(22,23)24/h2-6,8,13,29H,7,9H2,1H3,(H,25,26)(H,27,31)/t13-,18+/m1/s1. The van der Waals surface area contributed by atoms with Crippen molar-refractivity contribution in [1.82, 2.24) is 15.7 Å². The Kier molecular flexibility index (Phi) is 5.59. The molecule has 1 saturated heterocycles. The molecule has 13 heteroatoms. The first-order chi connectivity index (χ1) is 15.0. The molecule has 2 aliphatic rings. The number of urea groups is 1. The number of hydrazine groups is 1. The number of hydrogen-bond donors (Lipinski definition) is 3. The molecule has 32 heavy (non-hydrogen) atoms. The number of rotatable bonds is 5. The monoisotopic (exact) mass is 472 g/mol. The van der Waals surface area contributed by atoms with E-state index in [1.54, 1.807) is 6.92 Å². The Balaban J connectivity index is 1.36. The number of nitrogens with one attached hydrogen (secondary N) is 3. The Morgan fingerprint density at radius 3 is 2.72 bits per heavy atom. The summed E-state index contributed by atoms with van der Waals surface area (Å²) < 4.78 is 51.3. The highest BCUT2D eigenvalue weighted by molar-refractivity contribution is 6.33. The number of nitrogens with zero attached hydrogens (tertiary/aromatic N) is 3. The van der Waals surface area contributed by atoms with Gasteiger partial charge in [-0.15, -0.1) is 0 Å². The molecule has 0 bridgehead atoms. The average Bonchev–Trinajstić information content (AvgIpc) is 3.32. The molecule has 0 spiro atoms. The van der Waals surface area contributed by atoms with E-state index >= 15 is 0 Å². The van der Waals surface area contributed by atoms with Gasteiger partial charge >= 0.3 is 12.2 Å². The molecule has 4 rings (SSSR count). The van der Waals surface area contributed by atoms with Gasteiger partial charge in [-0.3, -0.25) is 0 Å². The Morgan fingerprint density at radius 1 is 1.34 bits per heavy atom. The number of anilines is 2. The SMILES string of the molecule is C[C@]1(C2=NO[C@@H](CNc3ncc(C(F)(F)F)cc3Cl)C2)NC(=O)N(c2ccc(F)cc2)N1. The minimum atomic E-state index is -4.54. The van der Waals surface area contributed by atoms with Crippen LogP contribution in [0, 0.1) is 5.82 Å². The zero-order valence-electron chi connectivity index (χ0n) is 16.5. The highest BCUT2D eigenvalue weighted by atomic mass is 35.5. The van der Waals surface area contributed by atoms with Crippen LogP contribution in [0.1, 0.15) is 18.9 Å². The van der Waals surface area contributed by atoms with Gasteiger partial charge in [0.1, 0.15) is 29.1 Å². The number of hydrogen-bond acceptors (Lipinski definition) is 6. The lowest BCUT2D eigenvalue weighted by atomic mass is 10.0. The molecule has 0 saturated carbocycles. The second-order valence-electron chi connectivity index (χ2n) is 7.38. The number of carbonyl (C=O) groups excluding carboxylic acids is 1. The first kappa shape index (κ1) is 22.1. The van der Waals surface area contributed by atoms with Crippen molar-refractivity contribution in [3.05, 3.63) is 52.9 Å². The Morgan fingerprint density at radius 2 is 2.06 bits per heavy atom. The second kappa shape index (κ2) is 8.10. The van der Waals surface area contributed by atoms with Crippen LogP contribution in [0.4, 0.5) is 33.9 Å². The molecule has 2 aliphatic heterocycles. The largest absolute Gasteiger partial charge is 0.417 e. The minimum absolute atomic E-state index is 0.0812. The van der Waals surface area contributed by atoms with E-state index in [0.29, 0.717) is 24.0 Å². The third-order valence-electron chi connectivity index (χ3n) is 4.96. The lowest BCUT2D eigenvalue weighted by Gasteiger charge is -2.24. The molecule has 3 N–H and O–H groups in total. The normalized spacial score (nSPS) is 23.1. The summed E-state index contributed by atoms with van der Waals surface area (Å²) in [5.41, 5.74) is 1.93. The summed E-state index contributed by atoms with van der Waals surface area (Å²) >= 11 is 5.89. The third kappa shape index (κ3) is 4.41. The Bertz CT molecular complexity index is 1060. The molecule has 170 valence electrons. The Labute approximate surface area is 184 Å². The number of halogens is 5. The van der Waals surface area contributed by atoms with E-state index in [1.165, 1.54) is 29.3 Å². The molecule has 1 aromatic heterocycles. The third-order valence-corrected chi connectivity index (χ3v) is 5.24. The van der Waals surface area contributed by atoms with E-state index < -0.39 is 35.4 Å². The number of oxime groups is 1. The highest BCUT2D eigenvalue weighted by Crippen LogP contribution is 2.32. The van der Waals surface area contributed by atoms with Gasteiger partial charge in [-0.1, -0.05) is 16.8 Å². The van der Waals surface area contributed by atoms with Crippen LogP contribution >= 0.6 is 11.6 Å². The molecule has 0 radical (unpaired) electrons. The summed E-state index contributed by atoms with van der Waals surface area (Å²) in [5.74, 6) is -0.347. The van der Waals surface area contributed by atoms with E-state index in [-0.39, 0.29) is 17.4 Å². The van der Waals surface area contributed by atoms with E-state index in [0.717, 1.165) is 6.07 Å². The van der Waals surface area contributed by atoms with Crippen molar-refractivity contribution >= 4 is 34.8 Å². The zero-order valence-corrected chi connectivity index (χ0v) is 17.3. The summed E-state index contributed by atoms with van der Waals surface area (Å²) in [6, 6.07) is 5.71. The van der Waals surface area contributed by atoms with Crippen LogP contribution in [0.3, 0.4) is 0 Å². The molecule has 2 atom stereocenters. The smallest absolute Gasteiger partial charge is 0.390 e. The van der Waals surface area contributed by atoms with Crippen LogP contribution in [0.5, 0.6) is 0 Å². The van der Waals surface area contributed by atoms with E-state index in [1.807, 2.05) is 0 Å². The van der Waals surface area contributed by atoms with Crippen LogP contribution in [0.25, 0.3) is 0 Å². The summed E-state index contributed by atoms with van der Waals surface area (Å²) in [7, 11) is 0. The van der Waals surface area contributed by atoms with Crippen molar-refractivity contribution in [2.75, 3.05) is 16.9 Å². The molecule has 0 aliphatic carbocycles. The van der Waals surface area contributed by atoms with Gasteiger partial charge in [0.15, 0.2) is 0 Å². The van der Waals surface area contributed by atoms with E-state index in [4.69, 9.17) is 16.4 Å². The molecular weight excluding hydrogens is 456 g/mol. The number of amides is 2. The van der Waals surface area contributed by atoms with Gasteiger partial charge in [0.05, 0.1) is 22.8 Å². The first-order valence-electron chi connectivity index (χ1n) is 9.40. The van der Waals surface area contributed by atoms with Gasteiger partial charge in [-0.25, -0.2) is 19.2 Å². The topological polar surface area (TPSA) is 90.9 Å². The van der Waals surface area contributed by atoms with Crippen LogP contribution < -0.4 is 21.1 Å². The van der Waals surface area contributed by atoms with Gasteiger partial charge in [0.25, 0.3) is 0 Å². The first-order valence-corrected chi connectivity index (χ1v) is 9.78. The average molecular weight is 473 g/mol. The van der Waals surface area contributed by atoms with E-state index in [2.05, 4.69) is 26.2 Å².